The second-order valence-electron chi connectivity index (χ2n) is 8.75. The maximum atomic E-state index is 12.5. The molecule has 2 heterocycles. The Hall–Kier alpha value is -2.56. The van der Waals surface area contributed by atoms with Crippen molar-refractivity contribution in [2.45, 2.75) is 63.8 Å². The van der Waals surface area contributed by atoms with E-state index in [-0.39, 0.29) is 11.1 Å². The second-order valence-corrected chi connectivity index (χ2v) is 8.75. The Morgan fingerprint density at radius 3 is 2.52 bits per heavy atom. The number of aliphatic carboxylic acids is 1. The molecule has 2 fully saturated rings. The van der Waals surface area contributed by atoms with Crippen molar-refractivity contribution in [3.8, 4) is 0 Å². The van der Waals surface area contributed by atoms with Gasteiger partial charge in [0.05, 0.1) is 0 Å². The van der Waals surface area contributed by atoms with Gasteiger partial charge in [-0.2, -0.15) is 0 Å². The Morgan fingerprint density at radius 2 is 1.83 bits per heavy atom. The molecule has 2 N–H and O–H groups in total. The van der Waals surface area contributed by atoms with E-state index in [1.807, 2.05) is 0 Å². The third kappa shape index (κ3) is 4.09. The molecule has 0 aromatic heterocycles. The van der Waals surface area contributed by atoms with Gasteiger partial charge in [0.2, 0.25) is 0 Å². The molecule has 1 saturated heterocycles. The van der Waals surface area contributed by atoms with Crippen LogP contribution in [0.2, 0.25) is 0 Å². The Balaban J connectivity index is 1.85. The first-order valence-corrected chi connectivity index (χ1v) is 10.8. The number of nitrogens with one attached hydrogen (secondary N) is 1. The number of anilines is 1. The number of allylic oxidation sites excluding steroid dienone is 1. The van der Waals surface area contributed by atoms with E-state index in [0.717, 1.165) is 49.0 Å². The van der Waals surface area contributed by atoms with Crippen molar-refractivity contribution < 1.29 is 14.7 Å². The van der Waals surface area contributed by atoms with E-state index in [9.17, 15) is 14.7 Å². The number of nitrogens with zero attached hydrogens (tertiary/aromatic N) is 1. The fourth-order valence-corrected chi connectivity index (χ4v) is 5.09. The number of fused-ring (bicyclic) bond motifs is 1. The topological polar surface area (TPSA) is 69.6 Å². The van der Waals surface area contributed by atoms with Gasteiger partial charge in [-0.15, -0.1) is 0 Å². The highest BCUT2D eigenvalue weighted by Gasteiger charge is 2.33. The summed E-state index contributed by atoms with van der Waals surface area (Å²) >= 11 is 0. The lowest BCUT2D eigenvalue weighted by Crippen LogP contribution is -2.46. The molecule has 1 aliphatic carbocycles. The van der Waals surface area contributed by atoms with Gasteiger partial charge >= 0.3 is 5.97 Å². The predicted octanol–water partition coefficient (Wildman–Crippen LogP) is 3.99. The van der Waals surface area contributed by atoms with Crippen molar-refractivity contribution in [3.05, 3.63) is 46.7 Å². The van der Waals surface area contributed by atoms with Crippen LogP contribution in [-0.2, 0) is 16.0 Å². The first kappa shape index (κ1) is 19.7. The zero-order chi connectivity index (χ0) is 20.4. The highest BCUT2D eigenvalue weighted by atomic mass is 16.4. The highest BCUT2D eigenvalue weighted by Crippen LogP contribution is 2.36. The van der Waals surface area contributed by atoms with Crippen LogP contribution in [0.25, 0.3) is 6.08 Å². The maximum Gasteiger partial charge on any atom is 0.339 e. The smallest absolute Gasteiger partial charge is 0.339 e. The minimum atomic E-state index is -1.18. The lowest BCUT2D eigenvalue weighted by atomic mass is 9.76. The number of benzene rings is 1. The van der Waals surface area contributed by atoms with Gasteiger partial charge in [0.1, 0.15) is 5.57 Å². The Kier molecular flexibility index (Phi) is 5.48. The highest BCUT2D eigenvalue weighted by molar-refractivity contribution is 6.24. The normalized spacial score (nSPS) is 24.4. The zero-order valence-electron chi connectivity index (χ0n) is 17.2. The quantitative estimate of drug-likeness (QED) is 0.742. The van der Waals surface area contributed by atoms with E-state index in [2.05, 4.69) is 29.3 Å². The van der Waals surface area contributed by atoms with Gasteiger partial charge in [-0.3, -0.25) is 4.79 Å². The minimum absolute atomic E-state index is 0.0735. The van der Waals surface area contributed by atoms with Gasteiger partial charge in [0.25, 0.3) is 0 Å². The van der Waals surface area contributed by atoms with Gasteiger partial charge in [0.15, 0.2) is 5.78 Å². The SMILES string of the molecule is Cc1cc2c(cc1N1CCCC1)CC1(CCCCC1)N/C=C\C(=O)/C(C(=O)O)=C\2. The molecule has 1 spiro atoms. The van der Waals surface area contributed by atoms with Crippen LogP contribution in [0.1, 0.15) is 61.6 Å². The summed E-state index contributed by atoms with van der Waals surface area (Å²) in [7, 11) is 0. The molecule has 5 nitrogen and oxygen atoms in total. The summed E-state index contributed by atoms with van der Waals surface area (Å²) in [5.41, 5.74) is 4.12. The van der Waals surface area contributed by atoms with E-state index >= 15 is 0 Å². The third-order valence-corrected chi connectivity index (χ3v) is 6.66. The molecule has 0 atom stereocenters. The van der Waals surface area contributed by atoms with Crippen molar-refractivity contribution in [3.63, 3.8) is 0 Å². The van der Waals surface area contributed by atoms with Crippen molar-refractivity contribution >= 4 is 23.5 Å². The van der Waals surface area contributed by atoms with Gasteiger partial charge in [-0.1, -0.05) is 19.3 Å². The van der Waals surface area contributed by atoms with E-state index in [4.69, 9.17) is 0 Å². The number of hydrogen-bond donors (Lipinski definition) is 2. The van der Waals surface area contributed by atoms with E-state index in [1.165, 1.54) is 43.9 Å². The van der Waals surface area contributed by atoms with E-state index in [1.54, 1.807) is 12.3 Å². The van der Waals surface area contributed by atoms with Crippen molar-refractivity contribution in [1.82, 2.24) is 5.32 Å². The largest absolute Gasteiger partial charge is 0.478 e. The monoisotopic (exact) mass is 394 g/mol. The summed E-state index contributed by atoms with van der Waals surface area (Å²) in [6, 6.07) is 4.32. The van der Waals surface area contributed by atoms with E-state index < -0.39 is 11.8 Å². The number of rotatable bonds is 2. The van der Waals surface area contributed by atoms with Gasteiger partial charge < -0.3 is 15.3 Å². The van der Waals surface area contributed by atoms with Crippen LogP contribution in [0.5, 0.6) is 0 Å². The molecule has 154 valence electrons. The van der Waals surface area contributed by atoms with Crippen LogP contribution in [0.4, 0.5) is 5.69 Å². The third-order valence-electron chi connectivity index (χ3n) is 6.66. The van der Waals surface area contributed by atoms with Crippen molar-refractivity contribution in [2.24, 2.45) is 0 Å². The molecule has 29 heavy (non-hydrogen) atoms. The molecule has 4 rings (SSSR count). The minimum Gasteiger partial charge on any atom is -0.478 e. The lowest BCUT2D eigenvalue weighted by molar-refractivity contribution is -0.133. The van der Waals surface area contributed by atoms with E-state index in [0.29, 0.717) is 0 Å². The molecular formula is C24H30N2O3. The van der Waals surface area contributed by atoms with Gasteiger partial charge in [0, 0.05) is 36.6 Å². The number of carbonyl (C=O) groups excluding carboxylic acids is 1. The Bertz CT molecular complexity index is 872. The van der Waals surface area contributed by atoms with Crippen LogP contribution < -0.4 is 10.2 Å². The molecule has 1 saturated carbocycles. The van der Waals surface area contributed by atoms with Crippen LogP contribution >= 0.6 is 0 Å². The van der Waals surface area contributed by atoms with Crippen LogP contribution in [0, 0.1) is 6.92 Å². The average Bonchev–Trinajstić information content (AvgIpc) is 3.22. The fraction of sp³-hybridized carbons (Fsp3) is 0.500. The lowest BCUT2D eigenvalue weighted by Gasteiger charge is -2.39. The fourth-order valence-electron chi connectivity index (χ4n) is 5.09. The number of ketones is 1. The van der Waals surface area contributed by atoms with Gasteiger partial charge in [-0.25, -0.2) is 4.79 Å². The van der Waals surface area contributed by atoms with Crippen molar-refractivity contribution in [1.29, 1.82) is 0 Å². The molecule has 3 aliphatic rings. The number of carbonyl (C=O) groups is 2. The molecule has 0 amide bonds. The van der Waals surface area contributed by atoms with Crippen LogP contribution in [0.15, 0.2) is 30.0 Å². The van der Waals surface area contributed by atoms with Crippen molar-refractivity contribution in [2.75, 3.05) is 18.0 Å². The molecule has 0 bridgehead atoms. The number of carboxylic acids is 1. The molecule has 1 aromatic carbocycles. The molecule has 5 heteroatoms. The maximum absolute atomic E-state index is 12.5. The summed E-state index contributed by atoms with van der Waals surface area (Å²) in [5.74, 6) is -1.65. The Morgan fingerprint density at radius 1 is 1.10 bits per heavy atom. The molecule has 0 radical (unpaired) electrons. The molecule has 2 aliphatic heterocycles. The van der Waals surface area contributed by atoms with Crippen LogP contribution in [0.3, 0.4) is 0 Å². The standard InChI is InChI=1S/C24H30N2O3/c1-17-13-18-14-20(23(28)29)22(27)7-10-25-24(8-3-2-4-9-24)16-19(18)15-21(17)26-11-5-6-12-26/h7,10,13-15,25H,2-6,8-9,11-12,16H2,1H3,(H,28,29)/b10-7-,20-14+. The number of carboxylic acid groups (broad SMARTS) is 1. The summed E-state index contributed by atoms with van der Waals surface area (Å²) in [4.78, 5) is 26.7. The zero-order valence-corrected chi connectivity index (χ0v) is 17.2. The van der Waals surface area contributed by atoms with Gasteiger partial charge in [-0.05, 0) is 73.9 Å². The first-order valence-electron chi connectivity index (χ1n) is 10.8. The molecular weight excluding hydrogens is 364 g/mol. The first-order chi connectivity index (χ1) is 14.0. The Labute approximate surface area is 172 Å². The second kappa shape index (κ2) is 8.05. The summed E-state index contributed by atoms with van der Waals surface area (Å²) < 4.78 is 0. The number of hydrogen-bond acceptors (Lipinski definition) is 4. The molecule has 1 aromatic rings. The predicted molar refractivity (Wildman–Crippen MR) is 115 cm³/mol. The summed E-state index contributed by atoms with van der Waals surface area (Å²) in [5, 5.41) is 13.1. The summed E-state index contributed by atoms with van der Waals surface area (Å²) in [6.07, 6.45) is 13.6. The van der Waals surface area contributed by atoms with Crippen LogP contribution in [-0.4, -0.2) is 35.5 Å². The summed E-state index contributed by atoms with van der Waals surface area (Å²) in [6.45, 7) is 4.22. The number of aryl methyl sites for hydroxylation is 1. The average molecular weight is 395 g/mol. The molecule has 0 unspecified atom stereocenters.